The van der Waals surface area contributed by atoms with E-state index >= 15 is 0 Å². The minimum atomic E-state index is -0.0278. The fourth-order valence-corrected chi connectivity index (χ4v) is 2.04. The molecular formula is C13H20N2O3. The summed E-state index contributed by atoms with van der Waals surface area (Å²) in [6.07, 6.45) is 2.92. The zero-order valence-electron chi connectivity index (χ0n) is 10.6. The second-order valence-corrected chi connectivity index (χ2v) is 4.35. The molecule has 0 aromatic heterocycles. The molecule has 1 aliphatic heterocycles. The first kappa shape index (κ1) is 13.0. The number of benzene rings is 1. The molecule has 4 N–H and O–H groups in total. The Bertz CT molecular complexity index is 409. The van der Waals surface area contributed by atoms with Crippen LogP contribution in [0, 0.1) is 0 Å². The van der Waals surface area contributed by atoms with Crippen LogP contribution < -0.4 is 25.7 Å². The van der Waals surface area contributed by atoms with Gasteiger partial charge in [-0.25, -0.2) is 0 Å². The Morgan fingerprint density at radius 1 is 1.33 bits per heavy atom. The van der Waals surface area contributed by atoms with Gasteiger partial charge in [-0.05, 0) is 37.1 Å². The number of rotatable bonds is 6. The predicted octanol–water partition coefficient (Wildman–Crippen LogP) is 1.55. The van der Waals surface area contributed by atoms with Crippen molar-refractivity contribution in [1.29, 1.82) is 0 Å². The average Bonchev–Trinajstić information content (AvgIpc) is 2.85. The smallest absolute Gasteiger partial charge is 0.231 e. The van der Waals surface area contributed by atoms with Crippen molar-refractivity contribution in [3.8, 4) is 17.2 Å². The highest BCUT2D eigenvalue weighted by molar-refractivity contribution is 5.55. The van der Waals surface area contributed by atoms with E-state index < -0.39 is 0 Å². The lowest BCUT2D eigenvalue weighted by molar-refractivity contribution is 0.171. The van der Waals surface area contributed by atoms with E-state index in [0.29, 0.717) is 23.8 Å². The molecule has 1 aromatic rings. The lowest BCUT2D eigenvalue weighted by Gasteiger charge is -2.14. The third-order valence-electron chi connectivity index (χ3n) is 3.08. The van der Waals surface area contributed by atoms with Crippen LogP contribution in [0.3, 0.4) is 0 Å². The van der Waals surface area contributed by atoms with Crippen molar-refractivity contribution in [3.05, 3.63) is 17.7 Å². The van der Waals surface area contributed by atoms with E-state index in [2.05, 4.69) is 0 Å². The normalized spacial score (nSPS) is 14.6. The van der Waals surface area contributed by atoms with Crippen LogP contribution in [0.1, 0.15) is 30.9 Å². The standard InChI is InChI=1S/C13H20N2O3/c1-16-11-6-9(10(15)4-2-3-5-14)7-12-13(11)18-8-17-12/h6-7,10H,2-5,8,14-15H2,1H3/t10-/m1/s1. The van der Waals surface area contributed by atoms with Gasteiger partial charge in [-0.1, -0.05) is 6.42 Å². The van der Waals surface area contributed by atoms with Gasteiger partial charge in [-0.3, -0.25) is 0 Å². The zero-order valence-corrected chi connectivity index (χ0v) is 10.6. The van der Waals surface area contributed by atoms with Crippen molar-refractivity contribution >= 4 is 0 Å². The molecule has 0 aliphatic carbocycles. The summed E-state index contributed by atoms with van der Waals surface area (Å²) in [5, 5.41) is 0. The minimum absolute atomic E-state index is 0.0278. The first-order valence-electron chi connectivity index (χ1n) is 6.19. The summed E-state index contributed by atoms with van der Waals surface area (Å²) in [5.41, 5.74) is 12.6. The van der Waals surface area contributed by atoms with Crippen LogP contribution in [0.4, 0.5) is 0 Å². The molecule has 0 saturated carbocycles. The van der Waals surface area contributed by atoms with Crippen LogP contribution in [-0.2, 0) is 0 Å². The van der Waals surface area contributed by atoms with Crippen molar-refractivity contribution in [2.45, 2.75) is 25.3 Å². The van der Waals surface area contributed by atoms with Gasteiger partial charge in [0.15, 0.2) is 11.5 Å². The number of fused-ring (bicyclic) bond motifs is 1. The lowest BCUT2D eigenvalue weighted by Crippen LogP contribution is -2.11. The summed E-state index contributed by atoms with van der Waals surface area (Å²) in [6.45, 7) is 0.939. The van der Waals surface area contributed by atoms with Crippen LogP contribution in [0.15, 0.2) is 12.1 Å². The van der Waals surface area contributed by atoms with Crippen molar-refractivity contribution in [2.75, 3.05) is 20.4 Å². The van der Waals surface area contributed by atoms with E-state index in [4.69, 9.17) is 25.7 Å². The molecule has 1 aliphatic rings. The average molecular weight is 252 g/mol. The summed E-state index contributed by atoms with van der Waals surface area (Å²) >= 11 is 0. The van der Waals surface area contributed by atoms with Crippen molar-refractivity contribution in [2.24, 2.45) is 11.5 Å². The van der Waals surface area contributed by atoms with Crippen LogP contribution in [0.2, 0.25) is 0 Å². The summed E-state index contributed by atoms with van der Waals surface area (Å²) in [6, 6.07) is 3.82. The first-order valence-corrected chi connectivity index (χ1v) is 6.19. The number of unbranched alkanes of at least 4 members (excludes halogenated alkanes) is 1. The summed E-state index contributed by atoms with van der Waals surface area (Å²) in [4.78, 5) is 0. The van der Waals surface area contributed by atoms with Gasteiger partial charge in [0.2, 0.25) is 12.5 Å². The van der Waals surface area contributed by atoms with Crippen LogP contribution >= 0.6 is 0 Å². The Hall–Kier alpha value is -1.46. The van der Waals surface area contributed by atoms with E-state index in [0.717, 1.165) is 24.8 Å². The molecule has 1 atom stereocenters. The van der Waals surface area contributed by atoms with Crippen LogP contribution in [0.5, 0.6) is 17.2 Å². The monoisotopic (exact) mass is 252 g/mol. The minimum Gasteiger partial charge on any atom is -0.493 e. The Morgan fingerprint density at radius 3 is 2.89 bits per heavy atom. The van der Waals surface area contributed by atoms with Gasteiger partial charge in [0.1, 0.15) is 0 Å². The topological polar surface area (TPSA) is 79.7 Å². The third-order valence-corrected chi connectivity index (χ3v) is 3.08. The summed E-state index contributed by atoms with van der Waals surface area (Å²) in [5.74, 6) is 2.04. The molecule has 100 valence electrons. The molecule has 0 radical (unpaired) electrons. The molecule has 1 aromatic carbocycles. The molecule has 0 amide bonds. The van der Waals surface area contributed by atoms with Crippen molar-refractivity contribution < 1.29 is 14.2 Å². The molecule has 2 rings (SSSR count). The number of ether oxygens (including phenoxy) is 3. The van der Waals surface area contributed by atoms with Gasteiger partial charge in [-0.2, -0.15) is 0 Å². The SMILES string of the molecule is COc1cc([C@H](N)CCCCN)cc2c1OCO2. The number of hydrogen-bond acceptors (Lipinski definition) is 5. The largest absolute Gasteiger partial charge is 0.493 e. The number of methoxy groups -OCH3 is 1. The molecule has 0 spiro atoms. The third kappa shape index (κ3) is 2.68. The maximum atomic E-state index is 6.16. The number of hydrogen-bond donors (Lipinski definition) is 2. The molecule has 0 unspecified atom stereocenters. The Balaban J connectivity index is 2.13. The van der Waals surface area contributed by atoms with E-state index in [1.165, 1.54) is 0 Å². The molecule has 5 heteroatoms. The Labute approximate surface area is 107 Å². The predicted molar refractivity (Wildman–Crippen MR) is 69.0 cm³/mol. The van der Waals surface area contributed by atoms with Crippen LogP contribution in [0.25, 0.3) is 0 Å². The van der Waals surface area contributed by atoms with Gasteiger partial charge < -0.3 is 25.7 Å². The summed E-state index contributed by atoms with van der Waals surface area (Å²) < 4.78 is 16.0. The van der Waals surface area contributed by atoms with Gasteiger partial charge in [0, 0.05) is 6.04 Å². The number of nitrogens with two attached hydrogens (primary N) is 2. The van der Waals surface area contributed by atoms with E-state index in [9.17, 15) is 0 Å². The molecule has 1 heterocycles. The van der Waals surface area contributed by atoms with Gasteiger partial charge in [-0.15, -0.1) is 0 Å². The van der Waals surface area contributed by atoms with E-state index in [-0.39, 0.29) is 12.8 Å². The fourth-order valence-electron chi connectivity index (χ4n) is 2.04. The Morgan fingerprint density at radius 2 is 2.17 bits per heavy atom. The highest BCUT2D eigenvalue weighted by Gasteiger charge is 2.21. The second-order valence-electron chi connectivity index (χ2n) is 4.35. The maximum Gasteiger partial charge on any atom is 0.231 e. The highest BCUT2D eigenvalue weighted by Crippen LogP contribution is 2.43. The van der Waals surface area contributed by atoms with Crippen molar-refractivity contribution in [3.63, 3.8) is 0 Å². The van der Waals surface area contributed by atoms with Crippen LogP contribution in [-0.4, -0.2) is 20.4 Å². The van der Waals surface area contributed by atoms with E-state index in [1.807, 2.05) is 12.1 Å². The highest BCUT2D eigenvalue weighted by atomic mass is 16.7. The molecular weight excluding hydrogens is 232 g/mol. The van der Waals surface area contributed by atoms with Gasteiger partial charge in [0.25, 0.3) is 0 Å². The second kappa shape index (κ2) is 5.93. The quantitative estimate of drug-likeness (QED) is 0.751. The molecule has 0 bridgehead atoms. The Kier molecular flexibility index (Phi) is 4.28. The zero-order chi connectivity index (χ0) is 13.0. The van der Waals surface area contributed by atoms with Gasteiger partial charge in [0.05, 0.1) is 7.11 Å². The van der Waals surface area contributed by atoms with Crippen molar-refractivity contribution in [1.82, 2.24) is 0 Å². The molecule has 18 heavy (non-hydrogen) atoms. The molecule has 0 fully saturated rings. The fraction of sp³-hybridized carbons (Fsp3) is 0.538. The first-order chi connectivity index (χ1) is 8.76. The molecule has 0 saturated heterocycles. The van der Waals surface area contributed by atoms with E-state index in [1.54, 1.807) is 7.11 Å². The van der Waals surface area contributed by atoms with Gasteiger partial charge >= 0.3 is 0 Å². The lowest BCUT2D eigenvalue weighted by atomic mass is 10.0. The summed E-state index contributed by atoms with van der Waals surface area (Å²) in [7, 11) is 1.61. The maximum absolute atomic E-state index is 6.16. The molecule has 5 nitrogen and oxygen atoms in total.